The van der Waals surface area contributed by atoms with Crippen LogP contribution in [0.2, 0.25) is 0 Å². The summed E-state index contributed by atoms with van der Waals surface area (Å²) in [6.07, 6.45) is 0. The van der Waals surface area contributed by atoms with E-state index in [1.807, 2.05) is 12.1 Å². The number of para-hydroxylation sites is 2. The van der Waals surface area contributed by atoms with Gasteiger partial charge in [0.15, 0.2) is 0 Å². The fourth-order valence-corrected chi connectivity index (χ4v) is 9.33. The highest BCUT2D eigenvalue weighted by Gasteiger charge is 2.45. The molecule has 274 valence electrons. The summed E-state index contributed by atoms with van der Waals surface area (Å²) >= 11 is 0. The van der Waals surface area contributed by atoms with E-state index in [2.05, 4.69) is 218 Å². The zero-order chi connectivity index (χ0) is 38.6. The van der Waals surface area contributed by atoms with Crippen molar-refractivity contribution in [1.82, 2.24) is 0 Å². The van der Waals surface area contributed by atoms with Crippen molar-refractivity contribution in [3.63, 3.8) is 0 Å². The first-order valence-corrected chi connectivity index (χ1v) is 20.0. The Balaban J connectivity index is 1.04. The van der Waals surface area contributed by atoms with Gasteiger partial charge in [-0.25, -0.2) is 0 Å². The maximum absolute atomic E-state index is 6.44. The standard InChI is InChI=1S/C56H39NO/c1-38-22-24-39(25-23-38)40-26-32-44(33-27-40)57(45-34-28-41(29-35-45)47-17-11-18-51-50-16-7-10-21-54(50)58-55(47)51)46-36-30-43(31-37-46)56(42-12-3-2-4-13-42)52-19-8-5-14-48(52)49-15-6-9-20-53(49)56/h2-37H,1H3. The summed E-state index contributed by atoms with van der Waals surface area (Å²) in [6.45, 7) is 2.13. The Hall–Kier alpha value is -7.42. The van der Waals surface area contributed by atoms with E-state index < -0.39 is 5.41 Å². The topological polar surface area (TPSA) is 16.4 Å². The van der Waals surface area contributed by atoms with Gasteiger partial charge in [0.05, 0.1) is 5.41 Å². The molecule has 0 aliphatic heterocycles. The summed E-state index contributed by atoms with van der Waals surface area (Å²) in [4.78, 5) is 2.36. The van der Waals surface area contributed by atoms with E-state index in [1.165, 1.54) is 50.1 Å². The molecule has 0 atom stereocenters. The maximum Gasteiger partial charge on any atom is 0.143 e. The molecule has 0 bridgehead atoms. The van der Waals surface area contributed by atoms with Crippen molar-refractivity contribution in [3.8, 4) is 33.4 Å². The normalized spacial score (nSPS) is 12.7. The fraction of sp³-hybridized carbons (Fsp3) is 0.0357. The van der Waals surface area contributed by atoms with Crippen LogP contribution in [0.1, 0.15) is 27.8 Å². The van der Waals surface area contributed by atoms with Crippen LogP contribution in [0.25, 0.3) is 55.3 Å². The van der Waals surface area contributed by atoms with Crippen LogP contribution in [0.4, 0.5) is 17.1 Å². The third-order valence-corrected chi connectivity index (χ3v) is 12.1. The number of rotatable bonds is 7. The molecule has 58 heavy (non-hydrogen) atoms. The second kappa shape index (κ2) is 13.7. The van der Waals surface area contributed by atoms with Gasteiger partial charge < -0.3 is 9.32 Å². The lowest BCUT2D eigenvalue weighted by Crippen LogP contribution is -2.28. The monoisotopic (exact) mass is 741 g/mol. The van der Waals surface area contributed by atoms with Gasteiger partial charge in [-0.1, -0.05) is 181 Å². The van der Waals surface area contributed by atoms with Crippen LogP contribution >= 0.6 is 0 Å². The Morgan fingerprint density at radius 2 is 0.828 bits per heavy atom. The molecule has 1 aliphatic carbocycles. The smallest absolute Gasteiger partial charge is 0.143 e. The third kappa shape index (κ3) is 5.33. The number of hydrogen-bond donors (Lipinski definition) is 0. The predicted octanol–water partition coefficient (Wildman–Crippen LogP) is 15.1. The minimum absolute atomic E-state index is 0.452. The summed E-state index contributed by atoms with van der Waals surface area (Å²) in [7, 11) is 0. The minimum Gasteiger partial charge on any atom is -0.455 e. The van der Waals surface area contributed by atoms with Crippen LogP contribution in [0.5, 0.6) is 0 Å². The second-order valence-electron chi connectivity index (χ2n) is 15.3. The number of nitrogens with zero attached hydrogens (tertiary/aromatic N) is 1. The highest BCUT2D eigenvalue weighted by Crippen LogP contribution is 2.56. The summed E-state index contributed by atoms with van der Waals surface area (Å²) in [6, 6.07) is 79.4. The molecule has 9 aromatic carbocycles. The largest absolute Gasteiger partial charge is 0.455 e. The Labute approximate surface area is 338 Å². The molecule has 0 fully saturated rings. The average molecular weight is 742 g/mol. The van der Waals surface area contributed by atoms with Gasteiger partial charge in [0.2, 0.25) is 0 Å². The van der Waals surface area contributed by atoms with Gasteiger partial charge in [0.25, 0.3) is 0 Å². The quantitative estimate of drug-likeness (QED) is 0.162. The van der Waals surface area contributed by atoms with E-state index in [0.717, 1.165) is 50.1 Å². The van der Waals surface area contributed by atoms with Gasteiger partial charge in [-0.3, -0.25) is 0 Å². The minimum atomic E-state index is -0.452. The molecule has 10 aromatic rings. The Morgan fingerprint density at radius 1 is 0.362 bits per heavy atom. The molecule has 2 heteroatoms. The molecule has 0 unspecified atom stereocenters. The zero-order valence-corrected chi connectivity index (χ0v) is 32.1. The molecule has 1 aromatic heterocycles. The van der Waals surface area contributed by atoms with Crippen LogP contribution in [-0.4, -0.2) is 0 Å². The molecule has 0 amide bonds. The zero-order valence-electron chi connectivity index (χ0n) is 32.1. The van der Waals surface area contributed by atoms with Gasteiger partial charge in [0, 0.05) is 33.4 Å². The molecule has 0 spiro atoms. The molecule has 0 saturated heterocycles. The molecule has 0 N–H and O–H groups in total. The molecular weight excluding hydrogens is 703 g/mol. The van der Waals surface area contributed by atoms with E-state index in [1.54, 1.807) is 0 Å². The summed E-state index contributed by atoms with van der Waals surface area (Å²) < 4.78 is 6.44. The van der Waals surface area contributed by atoms with Crippen molar-refractivity contribution >= 4 is 39.0 Å². The van der Waals surface area contributed by atoms with Crippen molar-refractivity contribution in [2.45, 2.75) is 12.3 Å². The number of aryl methyl sites for hydroxylation is 1. The Bertz CT molecular complexity index is 3040. The molecule has 1 aliphatic rings. The van der Waals surface area contributed by atoms with Gasteiger partial charge in [-0.15, -0.1) is 0 Å². The predicted molar refractivity (Wildman–Crippen MR) is 241 cm³/mol. The summed E-state index contributed by atoms with van der Waals surface area (Å²) in [5.74, 6) is 0. The maximum atomic E-state index is 6.44. The molecular formula is C56H39NO. The van der Waals surface area contributed by atoms with E-state index in [4.69, 9.17) is 4.42 Å². The van der Waals surface area contributed by atoms with Crippen LogP contribution < -0.4 is 4.90 Å². The first kappa shape index (κ1) is 33.9. The van der Waals surface area contributed by atoms with Crippen molar-refractivity contribution in [1.29, 1.82) is 0 Å². The lowest BCUT2D eigenvalue weighted by Gasteiger charge is -2.34. The first-order chi connectivity index (χ1) is 28.7. The van der Waals surface area contributed by atoms with Gasteiger partial charge in [-0.2, -0.15) is 0 Å². The van der Waals surface area contributed by atoms with E-state index in [-0.39, 0.29) is 0 Å². The third-order valence-electron chi connectivity index (χ3n) is 12.1. The highest BCUT2D eigenvalue weighted by atomic mass is 16.3. The number of fused-ring (bicyclic) bond motifs is 6. The fourth-order valence-electron chi connectivity index (χ4n) is 9.33. The summed E-state index contributed by atoms with van der Waals surface area (Å²) in [5.41, 5.74) is 18.2. The van der Waals surface area contributed by atoms with Crippen molar-refractivity contribution < 1.29 is 4.42 Å². The van der Waals surface area contributed by atoms with Crippen molar-refractivity contribution in [2.75, 3.05) is 4.90 Å². The van der Waals surface area contributed by atoms with Gasteiger partial charge >= 0.3 is 0 Å². The van der Waals surface area contributed by atoms with E-state index in [0.29, 0.717) is 0 Å². The lowest BCUT2D eigenvalue weighted by molar-refractivity contribution is 0.670. The molecule has 0 saturated carbocycles. The summed E-state index contributed by atoms with van der Waals surface area (Å²) in [5, 5.41) is 2.27. The molecule has 0 radical (unpaired) electrons. The van der Waals surface area contributed by atoms with E-state index >= 15 is 0 Å². The van der Waals surface area contributed by atoms with Gasteiger partial charge in [-0.05, 0) is 99.5 Å². The SMILES string of the molecule is Cc1ccc(-c2ccc(N(c3ccc(-c4cccc5c4oc4ccccc45)cc3)c3ccc(C4(c5ccccc5)c5ccccc5-c5ccccc54)cc3)cc2)cc1. The van der Waals surface area contributed by atoms with Crippen molar-refractivity contribution in [3.05, 3.63) is 246 Å². The highest BCUT2D eigenvalue weighted by molar-refractivity contribution is 6.09. The Morgan fingerprint density at radius 3 is 1.47 bits per heavy atom. The first-order valence-electron chi connectivity index (χ1n) is 20.0. The lowest BCUT2D eigenvalue weighted by atomic mass is 9.68. The van der Waals surface area contributed by atoms with Crippen LogP contribution in [-0.2, 0) is 5.41 Å². The molecule has 1 heterocycles. The number of furan rings is 1. The number of anilines is 3. The average Bonchev–Trinajstić information content (AvgIpc) is 3.82. The molecule has 2 nitrogen and oxygen atoms in total. The second-order valence-corrected chi connectivity index (χ2v) is 15.3. The van der Waals surface area contributed by atoms with E-state index in [9.17, 15) is 0 Å². The van der Waals surface area contributed by atoms with Gasteiger partial charge in [0.1, 0.15) is 11.2 Å². The van der Waals surface area contributed by atoms with Crippen LogP contribution in [0.3, 0.4) is 0 Å². The number of benzene rings is 9. The van der Waals surface area contributed by atoms with Crippen LogP contribution in [0.15, 0.2) is 223 Å². The van der Waals surface area contributed by atoms with Crippen LogP contribution in [0, 0.1) is 6.92 Å². The molecule has 11 rings (SSSR count). The van der Waals surface area contributed by atoms with Crippen molar-refractivity contribution in [2.24, 2.45) is 0 Å². The number of hydrogen-bond acceptors (Lipinski definition) is 2. The Kier molecular flexibility index (Phi) is 7.97.